The number of aryl methyl sites for hydroxylation is 3. The Morgan fingerprint density at radius 2 is 1.77 bits per heavy atom. The number of benzene rings is 1. The molecule has 142 valence electrons. The van der Waals surface area contributed by atoms with E-state index in [4.69, 9.17) is 4.74 Å². The van der Waals surface area contributed by atoms with E-state index in [2.05, 4.69) is 52.7 Å². The summed E-state index contributed by atoms with van der Waals surface area (Å²) in [5, 5.41) is 6.67. The maximum absolute atomic E-state index is 5.46. The van der Waals surface area contributed by atoms with Crippen molar-refractivity contribution < 1.29 is 4.74 Å². The van der Waals surface area contributed by atoms with Crippen molar-refractivity contribution in [2.45, 2.75) is 40.8 Å². The number of ether oxygens (including phenoxy) is 1. The molecule has 6 heteroatoms. The van der Waals surface area contributed by atoms with Crippen molar-refractivity contribution in [1.82, 2.24) is 15.6 Å². The third-order valence-corrected chi connectivity index (χ3v) is 4.34. The minimum atomic E-state index is 0. The lowest BCUT2D eigenvalue weighted by atomic mass is 10.1. The van der Waals surface area contributed by atoms with Crippen LogP contribution in [0.15, 0.2) is 29.4 Å². The number of halogens is 1. The molecule has 1 heterocycles. The number of pyridine rings is 1. The Labute approximate surface area is 173 Å². The summed E-state index contributed by atoms with van der Waals surface area (Å²) < 4.78 is 5.46. The summed E-state index contributed by atoms with van der Waals surface area (Å²) in [6.07, 6.45) is 1.84. The van der Waals surface area contributed by atoms with Crippen LogP contribution in [0.1, 0.15) is 33.5 Å². The van der Waals surface area contributed by atoms with Gasteiger partial charge in [0.15, 0.2) is 5.96 Å². The van der Waals surface area contributed by atoms with Crippen LogP contribution in [0.5, 0.6) is 5.75 Å². The minimum absolute atomic E-state index is 0. The zero-order valence-electron chi connectivity index (χ0n) is 16.4. The Bertz CT molecular complexity index is 775. The molecular formula is C20H29IN4O. The van der Waals surface area contributed by atoms with Crippen LogP contribution in [-0.4, -0.2) is 25.1 Å². The number of nitrogens with zero attached hydrogens (tertiary/aromatic N) is 2. The first-order valence-corrected chi connectivity index (χ1v) is 8.46. The Morgan fingerprint density at radius 1 is 1.08 bits per heavy atom. The highest BCUT2D eigenvalue weighted by Crippen LogP contribution is 2.23. The van der Waals surface area contributed by atoms with Gasteiger partial charge in [0.1, 0.15) is 5.75 Å². The number of rotatable bonds is 5. The average Bonchev–Trinajstić information content (AvgIpc) is 2.58. The zero-order chi connectivity index (χ0) is 18.4. The second kappa shape index (κ2) is 10.4. The number of nitrogens with one attached hydrogen (secondary N) is 2. The normalized spacial score (nSPS) is 10.9. The SMILES string of the molecule is CN=C(NCc1ccc(C)cc1C)NCc1ncc(C)c(OC)c1C.I. The molecule has 2 N–H and O–H groups in total. The fourth-order valence-electron chi connectivity index (χ4n) is 2.86. The third-order valence-electron chi connectivity index (χ3n) is 4.34. The van der Waals surface area contributed by atoms with Crippen molar-refractivity contribution in [3.05, 3.63) is 57.9 Å². The highest BCUT2D eigenvalue weighted by atomic mass is 127. The lowest BCUT2D eigenvalue weighted by Crippen LogP contribution is -2.36. The fraction of sp³-hybridized carbons (Fsp3) is 0.400. The molecule has 0 saturated carbocycles. The van der Waals surface area contributed by atoms with Gasteiger partial charge in [0.25, 0.3) is 0 Å². The molecule has 0 amide bonds. The number of guanidine groups is 1. The van der Waals surface area contributed by atoms with Crippen LogP contribution in [0, 0.1) is 27.7 Å². The van der Waals surface area contributed by atoms with Gasteiger partial charge in [-0.2, -0.15) is 0 Å². The molecule has 0 aliphatic carbocycles. The fourth-order valence-corrected chi connectivity index (χ4v) is 2.86. The quantitative estimate of drug-likeness (QED) is 0.398. The van der Waals surface area contributed by atoms with Crippen molar-refractivity contribution in [2.24, 2.45) is 4.99 Å². The molecule has 2 rings (SSSR count). The van der Waals surface area contributed by atoms with Crippen LogP contribution in [0.4, 0.5) is 0 Å². The van der Waals surface area contributed by atoms with Crippen molar-refractivity contribution in [1.29, 1.82) is 0 Å². The largest absolute Gasteiger partial charge is 0.496 e. The minimum Gasteiger partial charge on any atom is -0.496 e. The maximum Gasteiger partial charge on any atom is 0.191 e. The summed E-state index contributed by atoms with van der Waals surface area (Å²) in [6, 6.07) is 6.48. The topological polar surface area (TPSA) is 58.5 Å². The Balaban J connectivity index is 0.00000338. The average molecular weight is 468 g/mol. The molecule has 0 unspecified atom stereocenters. The molecule has 26 heavy (non-hydrogen) atoms. The summed E-state index contributed by atoms with van der Waals surface area (Å²) >= 11 is 0. The van der Waals surface area contributed by atoms with Gasteiger partial charge >= 0.3 is 0 Å². The molecule has 5 nitrogen and oxygen atoms in total. The van der Waals surface area contributed by atoms with E-state index in [1.807, 2.05) is 20.0 Å². The number of methoxy groups -OCH3 is 1. The molecule has 0 bridgehead atoms. The molecule has 1 aromatic heterocycles. The van der Waals surface area contributed by atoms with E-state index >= 15 is 0 Å². The van der Waals surface area contributed by atoms with Crippen LogP contribution in [0.2, 0.25) is 0 Å². The summed E-state index contributed by atoms with van der Waals surface area (Å²) in [4.78, 5) is 8.80. The van der Waals surface area contributed by atoms with Gasteiger partial charge in [-0.1, -0.05) is 23.8 Å². The molecule has 0 fully saturated rings. The van der Waals surface area contributed by atoms with Crippen LogP contribution < -0.4 is 15.4 Å². The van der Waals surface area contributed by atoms with E-state index in [9.17, 15) is 0 Å². The highest BCUT2D eigenvalue weighted by molar-refractivity contribution is 14.0. The van der Waals surface area contributed by atoms with E-state index in [0.717, 1.165) is 35.1 Å². The predicted molar refractivity (Wildman–Crippen MR) is 119 cm³/mol. The van der Waals surface area contributed by atoms with Gasteiger partial charge in [-0.3, -0.25) is 9.98 Å². The molecule has 0 radical (unpaired) electrons. The number of aromatic nitrogens is 1. The summed E-state index contributed by atoms with van der Waals surface area (Å²) in [5.74, 6) is 1.64. The zero-order valence-corrected chi connectivity index (χ0v) is 18.8. The first-order chi connectivity index (χ1) is 12.0. The van der Waals surface area contributed by atoms with E-state index in [-0.39, 0.29) is 24.0 Å². The van der Waals surface area contributed by atoms with E-state index in [1.165, 1.54) is 16.7 Å². The first kappa shape index (κ1) is 22.2. The van der Waals surface area contributed by atoms with Gasteiger partial charge in [0.05, 0.1) is 19.3 Å². The molecule has 0 saturated heterocycles. The smallest absolute Gasteiger partial charge is 0.191 e. The van der Waals surface area contributed by atoms with Gasteiger partial charge in [0, 0.05) is 30.9 Å². The highest BCUT2D eigenvalue weighted by Gasteiger charge is 2.10. The number of aliphatic imine (C=N–C) groups is 1. The molecule has 0 aliphatic heterocycles. The van der Waals surface area contributed by atoms with Crippen molar-refractivity contribution in [3.8, 4) is 5.75 Å². The molecule has 1 aromatic carbocycles. The summed E-state index contributed by atoms with van der Waals surface area (Å²) in [5.41, 5.74) is 6.88. The summed E-state index contributed by atoms with van der Waals surface area (Å²) in [7, 11) is 3.46. The van der Waals surface area contributed by atoms with E-state index in [0.29, 0.717) is 6.54 Å². The lowest BCUT2D eigenvalue weighted by molar-refractivity contribution is 0.406. The standard InChI is InChI=1S/C20H28N4O.HI/c1-13-7-8-17(14(2)9-13)11-23-20(21-5)24-12-18-16(4)19(25-6)15(3)10-22-18;/h7-10H,11-12H2,1-6H3,(H2,21,23,24);1H. The lowest BCUT2D eigenvalue weighted by Gasteiger charge is -2.16. The monoisotopic (exact) mass is 468 g/mol. The molecule has 0 aliphatic rings. The second-order valence-electron chi connectivity index (χ2n) is 6.26. The van der Waals surface area contributed by atoms with Crippen LogP contribution in [-0.2, 0) is 13.1 Å². The Kier molecular flexibility index (Phi) is 8.84. The Morgan fingerprint density at radius 3 is 2.38 bits per heavy atom. The molecule has 0 spiro atoms. The van der Waals surface area contributed by atoms with Crippen LogP contribution in [0.3, 0.4) is 0 Å². The van der Waals surface area contributed by atoms with Gasteiger partial charge < -0.3 is 15.4 Å². The van der Waals surface area contributed by atoms with Gasteiger partial charge in [-0.05, 0) is 38.8 Å². The molecule has 2 aromatic rings. The van der Waals surface area contributed by atoms with E-state index < -0.39 is 0 Å². The maximum atomic E-state index is 5.46. The third kappa shape index (κ3) is 5.59. The van der Waals surface area contributed by atoms with Crippen molar-refractivity contribution in [2.75, 3.05) is 14.2 Å². The summed E-state index contributed by atoms with van der Waals surface area (Å²) in [6.45, 7) is 9.59. The van der Waals surface area contributed by atoms with Gasteiger partial charge in [0.2, 0.25) is 0 Å². The van der Waals surface area contributed by atoms with Crippen molar-refractivity contribution in [3.63, 3.8) is 0 Å². The predicted octanol–water partition coefficient (Wildman–Crippen LogP) is 3.81. The second-order valence-corrected chi connectivity index (χ2v) is 6.26. The first-order valence-electron chi connectivity index (χ1n) is 8.46. The van der Waals surface area contributed by atoms with Gasteiger partial charge in [-0.15, -0.1) is 24.0 Å². The number of hydrogen-bond donors (Lipinski definition) is 2. The number of hydrogen-bond acceptors (Lipinski definition) is 3. The van der Waals surface area contributed by atoms with Crippen LogP contribution in [0.25, 0.3) is 0 Å². The van der Waals surface area contributed by atoms with Crippen molar-refractivity contribution >= 4 is 29.9 Å². The molecular weight excluding hydrogens is 439 g/mol. The van der Waals surface area contributed by atoms with E-state index in [1.54, 1.807) is 14.2 Å². The van der Waals surface area contributed by atoms with Gasteiger partial charge in [-0.25, -0.2) is 0 Å². The molecule has 0 atom stereocenters. The van der Waals surface area contributed by atoms with Crippen LogP contribution >= 0.6 is 24.0 Å². The Hall–Kier alpha value is -1.83.